The number of aryl methyl sites for hydroxylation is 1. The molecule has 1 aliphatic carbocycles. The van der Waals surface area contributed by atoms with E-state index in [4.69, 9.17) is 9.47 Å². The molecule has 8 nitrogen and oxygen atoms in total. The van der Waals surface area contributed by atoms with Gasteiger partial charge in [-0.15, -0.1) is 0 Å². The van der Waals surface area contributed by atoms with Gasteiger partial charge in [-0.1, -0.05) is 54.1 Å². The molecule has 2 amide bonds. The SMILES string of the molecule is CCOC(=O)c1ccc(N2C(=O)[C@@H]3[C@@H](c4ccc(C)cc4)OC4(C(=O)c5ccccc5C4=O)[C@H]3C2=O)cc1. The summed E-state index contributed by atoms with van der Waals surface area (Å²) in [5, 5.41) is 0. The molecule has 0 unspecified atom stereocenters. The van der Waals surface area contributed by atoms with Crippen LogP contribution in [0, 0.1) is 18.8 Å². The van der Waals surface area contributed by atoms with Gasteiger partial charge in [-0.25, -0.2) is 9.69 Å². The van der Waals surface area contributed by atoms with Crippen LogP contribution >= 0.6 is 0 Å². The van der Waals surface area contributed by atoms with E-state index in [1.165, 1.54) is 36.4 Å². The Morgan fingerprint density at radius 2 is 1.47 bits per heavy atom. The van der Waals surface area contributed by atoms with Gasteiger partial charge in [0, 0.05) is 11.1 Å². The molecule has 0 bridgehead atoms. The Balaban J connectivity index is 1.46. The Kier molecular flexibility index (Phi) is 5.39. The highest BCUT2D eigenvalue weighted by Gasteiger charge is 2.74. The number of esters is 1. The van der Waals surface area contributed by atoms with E-state index in [1.54, 1.807) is 31.2 Å². The molecule has 0 N–H and O–H groups in total. The lowest BCUT2D eigenvalue weighted by Crippen LogP contribution is -2.51. The summed E-state index contributed by atoms with van der Waals surface area (Å²) in [6.45, 7) is 3.81. The summed E-state index contributed by atoms with van der Waals surface area (Å²) in [4.78, 5) is 68.6. The summed E-state index contributed by atoms with van der Waals surface area (Å²) in [5.41, 5.74) is 0.308. The molecule has 2 fully saturated rings. The molecule has 0 radical (unpaired) electrons. The minimum Gasteiger partial charge on any atom is -0.462 e. The molecule has 2 heterocycles. The number of ketones is 2. The predicted molar refractivity (Wildman–Crippen MR) is 135 cm³/mol. The van der Waals surface area contributed by atoms with Gasteiger partial charge in [0.25, 0.3) is 0 Å². The highest BCUT2D eigenvalue weighted by molar-refractivity contribution is 6.37. The molecule has 0 saturated carbocycles. The summed E-state index contributed by atoms with van der Waals surface area (Å²) >= 11 is 0. The van der Waals surface area contributed by atoms with Crippen LogP contribution in [0.4, 0.5) is 5.69 Å². The van der Waals surface area contributed by atoms with Crippen molar-refractivity contribution in [2.24, 2.45) is 11.8 Å². The molecule has 38 heavy (non-hydrogen) atoms. The van der Waals surface area contributed by atoms with E-state index in [0.717, 1.165) is 10.5 Å². The van der Waals surface area contributed by atoms with E-state index in [-0.39, 0.29) is 29.0 Å². The van der Waals surface area contributed by atoms with Crippen molar-refractivity contribution in [3.05, 3.63) is 101 Å². The zero-order valence-electron chi connectivity index (χ0n) is 20.7. The van der Waals surface area contributed by atoms with E-state index < -0.39 is 52.9 Å². The second kappa shape index (κ2) is 8.56. The first-order chi connectivity index (χ1) is 18.3. The lowest BCUT2D eigenvalue weighted by atomic mass is 9.77. The standard InChI is InChI=1S/C30H23NO7/c1-3-37-29(36)18-12-14-19(15-13-18)31-27(34)22-23(28(31)35)30(38-24(22)17-10-8-16(2)9-11-17)25(32)20-6-4-5-7-21(20)26(30)33/h4-15,22-24H,3H2,1-2H3/t22-,23+,24+/m0/s1. The highest BCUT2D eigenvalue weighted by Crippen LogP contribution is 2.57. The third-order valence-electron chi connectivity index (χ3n) is 7.56. The summed E-state index contributed by atoms with van der Waals surface area (Å²) in [7, 11) is 0. The van der Waals surface area contributed by atoms with Gasteiger partial charge in [0.15, 0.2) is 0 Å². The lowest BCUT2D eigenvalue weighted by molar-refractivity contribution is -0.127. The molecule has 3 atom stereocenters. The Hall–Kier alpha value is -4.43. The van der Waals surface area contributed by atoms with E-state index >= 15 is 0 Å². The molecule has 190 valence electrons. The number of nitrogens with zero attached hydrogens (tertiary/aromatic N) is 1. The van der Waals surface area contributed by atoms with Crippen LogP contribution in [-0.4, -0.2) is 41.6 Å². The number of ether oxygens (including phenoxy) is 2. The van der Waals surface area contributed by atoms with Crippen LogP contribution in [0.5, 0.6) is 0 Å². The maximum Gasteiger partial charge on any atom is 0.338 e. The summed E-state index contributed by atoms with van der Waals surface area (Å²) in [5.74, 6) is -5.42. The van der Waals surface area contributed by atoms with Crippen molar-refractivity contribution in [1.29, 1.82) is 0 Å². The third-order valence-corrected chi connectivity index (χ3v) is 7.56. The van der Waals surface area contributed by atoms with E-state index in [1.807, 2.05) is 19.1 Å². The van der Waals surface area contributed by atoms with Crippen LogP contribution in [0.3, 0.4) is 0 Å². The predicted octanol–water partition coefficient (Wildman–Crippen LogP) is 3.87. The van der Waals surface area contributed by atoms with Crippen molar-refractivity contribution < 1.29 is 33.4 Å². The van der Waals surface area contributed by atoms with Crippen LogP contribution in [-0.2, 0) is 19.1 Å². The van der Waals surface area contributed by atoms with Crippen molar-refractivity contribution in [2.75, 3.05) is 11.5 Å². The van der Waals surface area contributed by atoms with Gasteiger partial charge in [0.1, 0.15) is 0 Å². The smallest absolute Gasteiger partial charge is 0.338 e. The van der Waals surface area contributed by atoms with Gasteiger partial charge in [-0.2, -0.15) is 0 Å². The average molecular weight is 510 g/mol. The molecule has 0 aromatic heterocycles. The van der Waals surface area contributed by atoms with Crippen LogP contribution in [0.25, 0.3) is 0 Å². The Morgan fingerprint density at radius 3 is 2.05 bits per heavy atom. The fourth-order valence-electron chi connectivity index (χ4n) is 5.79. The first-order valence-corrected chi connectivity index (χ1v) is 12.4. The fourth-order valence-corrected chi connectivity index (χ4v) is 5.79. The van der Waals surface area contributed by atoms with Gasteiger partial charge in [0.2, 0.25) is 29.0 Å². The van der Waals surface area contributed by atoms with Crippen LogP contribution in [0.2, 0.25) is 0 Å². The summed E-state index contributed by atoms with van der Waals surface area (Å²) < 4.78 is 11.3. The minimum atomic E-state index is -2.13. The quantitative estimate of drug-likeness (QED) is 0.299. The zero-order chi connectivity index (χ0) is 26.8. The summed E-state index contributed by atoms with van der Waals surface area (Å²) in [6.07, 6.45) is -0.983. The number of rotatable bonds is 4. The lowest BCUT2D eigenvalue weighted by Gasteiger charge is -2.27. The van der Waals surface area contributed by atoms with Gasteiger partial charge in [0.05, 0.1) is 35.8 Å². The number of imide groups is 1. The van der Waals surface area contributed by atoms with Crippen molar-refractivity contribution in [1.82, 2.24) is 0 Å². The van der Waals surface area contributed by atoms with Crippen molar-refractivity contribution in [3.63, 3.8) is 0 Å². The molecule has 2 aliphatic heterocycles. The maximum atomic E-state index is 14.0. The first kappa shape index (κ1) is 23.9. The van der Waals surface area contributed by atoms with Crippen molar-refractivity contribution in [3.8, 4) is 0 Å². The Morgan fingerprint density at radius 1 is 0.868 bits per heavy atom. The van der Waals surface area contributed by atoms with Crippen molar-refractivity contribution in [2.45, 2.75) is 25.6 Å². The van der Waals surface area contributed by atoms with Gasteiger partial charge >= 0.3 is 5.97 Å². The average Bonchev–Trinajstić information content (AvgIpc) is 3.49. The number of hydrogen-bond acceptors (Lipinski definition) is 7. The Labute approximate surface area is 218 Å². The number of amides is 2. The normalized spacial score (nSPS) is 23.2. The molecule has 3 aliphatic rings. The van der Waals surface area contributed by atoms with Gasteiger partial charge < -0.3 is 9.47 Å². The number of hydrogen-bond donors (Lipinski definition) is 0. The van der Waals surface area contributed by atoms with E-state index in [2.05, 4.69) is 0 Å². The van der Waals surface area contributed by atoms with Crippen LogP contribution in [0.15, 0.2) is 72.8 Å². The summed E-state index contributed by atoms with van der Waals surface area (Å²) in [6, 6.07) is 19.5. The molecule has 3 aromatic carbocycles. The number of benzene rings is 3. The number of fused-ring (bicyclic) bond motifs is 3. The Bertz CT molecular complexity index is 1490. The molecule has 8 heteroatoms. The van der Waals surface area contributed by atoms with E-state index in [0.29, 0.717) is 5.56 Å². The molecule has 6 rings (SSSR count). The molecule has 3 aromatic rings. The van der Waals surface area contributed by atoms with Gasteiger partial charge in [-0.3, -0.25) is 19.2 Å². The number of anilines is 1. The third kappa shape index (κ3) is 3.16. The van der Waals surface area contributed by atoms with Crippen LogP contribution in [0.1, 0.15) is 55.2 Å². The highest BCUT2D eigenvalue weighted by atomic mass is 16.5. The number of carbonyl (C=O) groups is 5. The largest absolute Gasteiger partial charge is 0.462 e. The second-order valence-electron chi connectivity index (χ2n) is 9.67. The van der Waals surface area contributed by atoms with Crippen molar-refractivity contribution >= 4 is 35.0 Å². The molecular formula is C30H23NO7. The maximum absolute atomic E-state index is 14.0. The second-order valence-corrected chi connectivity index (χ2v) is 9.67. The molecule has 2 saturated heterocycles. The molecule has 1 spiro atoms. The zero-order valence-corrected chi connectivity index (χ0v) is 20.7. The number of Topliss-reactive ketones (excluding diaryl/α,β-unsaturated/α-hetero) is 2. The van der Waals surface area contributed by atoms with Gasteiger partial charge in [-0.05, 0) is 43.7 Å². The monoisotopic (exact) mass is 509 g/mol. The fraction of sp³-hybridized carbons (Fsp3) is 0.233. The topological polar surface area (TPSA) is 107 Å². The molecular weight excluding hydrogens is 486 g/mol. The minimum absolute atomic E-state index is 0.179. The van der Waals surface area contributed by atoms with Crippen LogP contribution < -0.4 is 4.90 Å². The first-order valence-electron chi connectivity index (χ1n) is 12.4. The number of carbonyl (C=O) groups excluding carboxylic acids is 5. The van der Waals surface area contributed by atoms with E-state index in [9.17, 15) is 24.0 Å².